The Balaban J connectivity index is 1.82. The monoisotopic (exact) mass is 324 g/mol. The highest BCUT2D eigenvalue weighted by Crippen LogP contribution is 2.17. The first kappa shape index (κ1) is 16.3. The van der Waals surface area contributed by atoms with Crippen molar-refractivity contribution in [2.45, 2.75) is 25.9 Å². The summed E-state index contributed by atoms with van der Waals surface area (Å²) in [6, 6.07) is 6.78. The lowest BCUT2D eigenvalue weighted by Gasteiger charge is -2.18. The molecule has 6 nitrogen and oxygen atoms in total. The molecule has 1 heterocycles. The van der Waals surface area contributed by atoms with Crippen LogP contribution in [0.25, 0.3) is 0 Å². The zero-order chi connectivity index (χ0) is 16.1. The molecule has 1 aromatic carbocycles. The van der Waals surface area contributed by atoms with E-state index in [1.54, 1.807) is 6.07 Å². The van der Waals surface area contributed by atoms with Gasteiger partial charge in [0, 0.05) is 24.5 Å². The highest BCUT2D eigenvalue weighted by molar-refractivity contribution is 6.31. The van der Waals surface area contributed by atoms with E-state index in [9.17, 15) is 14.4 Å². The molecular formula is C15H17ClN2O4. The van der Waals surface area contributed by atoms with Crippen molar-refractivity contribution in [3.63, 3.8) is 0 Å². The molecule has 1 aromatic rings. The van der Waals surface area contributed by atoms with Gasteiger partial charge in [-0.05, 0) is 25.0 Å². The third-order valence-corrected chi connectivity index (χ3v) is 3.70. The Morgan fingerprint density at radius 3 is 2.77 bits per heavy atom. The van der Waals surface area contributed by atoms with Gasteiger partial charge in [0.05, 0.1) is 0 Å². The number of nitrogens with zero attached hydrogens (tertiary/aromatic N) is 1. The predicted octanol–water partition coefficient (Wildman–Crippen LogP) is 1.76. The van der Waals surface area contributed by atoms with Crippen LogP contribution in [0.1, 0.15) is 18.9 Å². The van der Waals surface area contributed by atoms with E-state index in [-0.39, 0.29) is 6.42 Å². The molecule has 1 aliphatic heterocycles. The Morgan fingerprint density at radius 1 is 1.41 bits per heavy atom. The highest BCUT2D eigenvalue weighted by Gasteiger charge is 2.31. The fraction of sp³-hybridized carbons (Fsp3) is 0.400. The van der Waals surface area contributed by atoms with Crippen LogP contribution in [-0.2, 0) is 20.7 Å². The van der Waals surface area contributed by atoms with E-state index in [4.69, 9.17) is 16.3 Å². The first-order valence-electron chi connectivity index (χ1n) is 7.01. The summed E-state index contributed by atoms with van der Waals surface area (Å²) < 4.78 is 5.08. The molecule has 22 heavy (non-hydrogen) atoms. The lowest BCUT2D eigenvalue weighted by molar-refractivity contribution is -0.157. The van der Waals surface area contributed by atoms with Gasteiger partial charge in [-0.3, -0.25) is 14.5 Å². The van der Waals surface area contributed by atoms with E-state index in [1.807, 2.05) is 18.2 Å². The number of amides is 3. The van der Waals surface area contributed by atoms with Crippen LogP contribution in [-0.4, -0.2) is 42.0 Å². The standard InChI is InChI=1S/C15H17ClN2O4/c1-10(14(20)18-9-8-17-15(18)21)22-13(19)7-6-11-4-2-3-5-12(11)16/h2-5,10H,6-9H2,1H3,(H,17,21)/t10-/m0/s1. The number of ether oxygens (including phenoxy) is 1. The molecule has 0 unspecified atom stereocenters. The first-order chi connectivity index (χ1) is 10.5. The Labute approximate surface area is 133 Å². The zero-order valence-corrected chi connectivity index (χ0v) is 12.9. The number of hydrogen-bond acceptors (Lipinski definition) is 4. The fourth-order valence-electron chi connectivity index (χ4n) is 2.15. The van der Waals surface area contributed by atoms with Gasteiger partial charge >= 0.3 is 12.0 Å². The second kappa shape index (κ2) is 7.26. The van der Waals surface area contributed by atoms with Crippen LogP contribution >= 0.6 is 11.6 Å². The molecule has 0 radical (unpaired) electrons. The molecule has 0 spiro atoms. The molecule has 0 bridgehead atoms. The third-order valence-electron chi connectivity index (χ3n) is 3.34. The maximum Gasteiger partial charge on any atom is 0.324 e. The third kappa shape index (κ3) is 3.98. The second-order valence-corrected chi connectivity index (χ2v) is 5.35. The molecule has 1 saturated heterocycles. The molecular weight excluding hydrogens is 308 g/mol. The van der Waals surface area contributed by atoms with Crippen molar-refractivity contribution in [2.75, 3.05) is 13.1 Å². The van der Waals surface area contributed by atoms with Gasteiger partial charge in [0.25, 0.3) is 5.91 Å². The molecule has 118 valence electrons. The molecule has 1 fully saturated rings. The van der Waals surface area contributed by atoms with E-state index < -0.39 is 24.0 Å². The summed E-state index contributed by atoms with van der Waals surface area (Å²) in [5.41, 5.74) is 0.846. The van der Waals surface area contributed by atoms with E-state index in [0.29, 0.717) is 24.5 Å². The number of halogens is 1. The predicted molar refractivity (Wildman–Crippen MR) is 80.4 cm³/mol. The summed E-state index contributed by atoms with van der Waals surface area (Å²) in [6.07, 6.45) is -0.431. The average molecular weight is 325 g/mol. The average Bonchev–Trinajstić information content (AvgIpc) is 2.91. The number of carbonyl (C=O) groups is 3. The Morgan fingerprint density at radius 2 is 2.14 bits per heavy atom. The summed E-state index contributed by atoms with van der Waals surface area (Å²) in [5, 5.41) is 3.11. The van der Waals surface area contributed by atoms with Crippen LogP contribution in [0.4, 0.5) is 4.79 Å². The number of aryl methyl sites for hydroxylation is 1. The van der Waals surface area contributed by atoms with Gasteiger partial charge in [0.2, 0.25) is 0 Å². The number of imide groups is 1. The number of benzene rings is 1. The van der Waals surface area contributed by atoms with Gasteiger partial charge in [0.1, 0.15) is 0 Å². The van der Waals surface area contributed by atoms with Crippen molar-refractivity contribution in [3.05, 3.63) is 34.9 Å². The summed E-state index contributed by atoms with van der Waals surface area (Å²) in [4.78, 5) is 36.2. The number of nitrogens with one attached hydrogen (secondary N) is 1. The second-order valence-electron chi connectivity index (χ2n) is 4.95. The van der Waals surface area contributed by atoms with Crippen LogP contribution in [0.2, 0.25) is 5.02 Å². The van der Waals surface area contributed by atoms with Gasteiger partial charge < -0.3 is 10.1 Å². The summed E-state index contributed by atoms with van der Waals surface area (Å²) in [7, 11) is 0. The quantitative estimate of drug-likeness (QED) is 0.837. The number of carbonyl (C=O) groups excluding carboxylic acids is 3. The maximum atomic E-state index is 12.0. The van der Waals surface area contributed by atoms with Crippen molar-refractivity contribution in [3.8, 4) is 0 Å². The molecule has 0 saturated carbocycles. The molecule has 0 aliphatic carbocycles. The minimum atomic E-state index is -0.984. The van der Waals surface area contributed by atoms with Gasteiger partial charge in [-0.2, -0.15) is 0 Å². The van der Waals surface area contributed by atoms with Crippen molar-refractivity contribution < 1.29 is 19.1 Å². The summed E-state index contributed by atoms with van der Waals surface area (Å²) in [5.74, 6) is -1.01. The zero-order valence-electron chi connectivity index (χ0n) is 12.2. The molecule has 1 atom stereocenters. The summed E-state index contributed by atoms with van der Waals surface area (Å²) in [6.45, 7) is 2.16. The maximum absolute atomic E-state index is 12.0. The van der Waals surface area contributed by atoms with Gasteiger partial charge in [-0.25, -0.2) is 4.79 Å². The molecule has 1 aliphatic rings. The van der Waals surface area contributed by atoms with E-state index >= 15 is 0 Å². The van der Waals surface area contributed by atoms with E-state index in [1.165, 1.54) is 6.92 Å². The van der Waals surface area contributed by atoms with Crippen LogP contribution in [0.15, 0.2) is 24.3 Å². The summed E-state index contributed by atoms with van der Waals surface area (Å²) >= 11 is 6.01. The smallest absolute Gasteiger partial charge is 0.324 e. The molecule has 3 amide bonds. The van der Waals surface area contributed by atoms with E-state index in [0.717, 1.165) is 10.5 Å². The Bertz CT molecular complexity index is 591. The molecule has 2 rings (SSSR count). The molecule has 1 N–H and O–H groups in total. The van der Waals surface area contributed by atoms with Gasteiger partial charge in [0.15, 0.2) is 6.10 Å². The van der Waals surface area contributed by atoms with Crippen LogP contribution in [0.3, 0.4) is 0 Å². The van der Waals surface area contributed by atoms with Crippen molar-refractivity contribution in [2.24, 2.45) is 0 Å². The van der Waals surface area contributed by atoms with Gasteiger partial charge in [-0.1, -0.05) is 29.8 Å². The number of hydrogen-bond donors (Lipinski definition) is 1. The largest absolute Gasteiger partial charge is 0.453 e. The van der Waals surface area contributed by atoms with E-state index in [2.05, 4.69) is 5.32 Å². The SMILES string of the molecule is C[C@H](OC(=O)CCc1ccccc1Cl)C(=O)N1CCNC1=O. The Kier molecular flexibility index (Phi) is 5.38. The normalized spacial score (nSPS) is 15.4. The van der Waals surface area contributed by atoms with Crippen LogP contribution in [0, 0.1) is 0 Å². The fourth-order valence-corrected chi connectivity index (χ4v) is 2.38. The van der Waals surface area contributed by atoms with Crippen molar-refractivity contribution >= 4 is 29.5 Å². The minimum Gasteiger partial charge on any atom is -0.453 e. The van der Waals surface area contributed by atoms with Crippen LogP contribution in [0.5, 0.6) is 0 Å². The number of urea groups is 1. The Hall–Kier alpha value is -2.08. The van der Waals surface area contributed by atoms with Crippen molar-refractivity contribution in [1.82, 2.24) is 10.2 Å². The highest BCUT2D eigenvalue weighted by atomic mass is 35.5. The van der Waals surface area contributed by atoms with Crippen molar-refractivity contribution in [1.29, 1.82) is 0 Å². The van der Waals surface area contributed by atoms with Gasteiger partial charge in [-0.15, -0.1) is 0 Å². The lowest BCUT2D eigenvalue weighted by atomic mass is 10.1. The first-order valence-corrected chi connectivity index (χ1v) is 7.39. The molecule has 7 heteroatoms. The lowest BCUT2D eigenvalue weighted by Crippen LogP contribution is -2.41. The van der Waals surface area contributed by atoms with Crippen LogP contribution < -0.4 is 5.32 Å². The number of esters is 1. The minimum absolute atomic E-state index is 0.119. The number of rotatable bonds is 5. The molecule has 0 aromatic heterocycles. The topological polar surface area (TPSA) is 75.7 Å².